The third-order valence-corrected chi connectivity index (χ3v) is 14.9. The van der Waals surface area contributed by atoms with E-state index in [9.17, 15) is 26.4 Å². The number of likely N-dealkylation sites (tertiary alicyclic amines) is 2. The molecular weight excluding hydrogens is 925 g/mol. The zero-order valence-corrected chi connectivity index (χ0v) is 43.3. The highest BCUT2D eigenvalue weighted by Crippen LogP contribution is 2.29. The van der Waals surface area contributed by atoms with Crippen LogP contribution < -0.4 is 30.0 Å². The van der Waals surface area contributed by atoms with E-state index in [-0.39, 0.29) is 18.0 Å². The van der Waals surface area contributed by atoms with Crippen LogP contribution in [0.5, 0.6) is 0 Å². The number of aromatic nitrogens is 7. The molecule has 69 heavy (non-hydrogen) atoms. The Morgan fingerprint density at radius 1 is 0.696 bits per heavy atom. The first-order valence-corrected chi connectivity index (χ1v) is 25.5. The number of amides is 3. The highest BCUT2D eigenvalue weighted by Gasteiger charge is 2.36. The molecule has 0 bridgehead atoms. The van der Waals surface area contributed by atoms with Gasteiger partial charge in [-0.15, -0.1) is 4.72 Å². The molecule has 7 rings (SSSR count). The molecule has 2 unspecified atom stereocenters. The minimum Gasteiger partial charge on any atom is -0.383 e. The molecule has 24 heteroatoms. The molecule has 2 aliphatic rings. The van der Waals surface area contributed by atoms with Crippen LogP contribution in [0.1, 0.15) is 75.4 Å². The van der Waals surface area contributed by atoms with Gasteiger partial charge in [-0.2, -0.15) is 34.8 Å². The molecule has 5 N–H and O–H groups in total. The van der Waals surface area contributed by atoms with Crippen molar-refractivity contribution in [3.8, 4) is 11.4 Å². The number of aryl methyl sites for hydroxylation is 2. The van der Waals surface area contributed by atoms with Crippen LogP contribution in [-0.4, -0.2) is 157 Å². The Morgan fingerprint density at radius 2 is 1.13 bits per heavy atom. The largest absolute Gasteiger partial charge is 0.512 e. The van der Waals surface area contributed by atoms with Crippen molar-refractivity contribution in [3.63, 3.8) is 0 Å². The van der Waals surface area contributed by atoms with Crippen LogP contribution in [0.4, 0.5) is 26.9 Å². The van der Waals surface area contributed by atoms with Crippen LogP contribution in [0, 0.1) is 13.8 Å². The highest BCUT2D eigenvalue weighted by atomic mass is 32.2. The molecule has 2 aliphatic heterocycles. The summed E-state index contributed by atoms with van der Waals surface area (Å²) in [5, 5.41) is 2.70. The minimum absolute atomic E-state index is 0.0235. The fourth-order valence-electron chi connectivity index (χ4n) is 7.92. The summed E-state index contributed by atoms with van der Waals surface area (Å²) in [5.74, 6) is 3.10. The zero-order valence-electron chi connectivity index (χ0n) is 41.7. The summed E-state index contributed by atoms with van der Waals surface area (Å²) < 4.78 is 61.7. The van der Waals surface area contributed by atoms with E-state index in [0.717, 1.165) is 60.3 Å². The van der Waals surface area contributed by atoms with Crippen molar-refractivity contribution in [2.45, 2.75) is 78.3 Å². The van der Waals surface area contributed by atoms with Crippen molar-refractivity contribution in [2.24, 2.45) is 0 Å². The Kier molecular flexibility index (Phi) is 18.0. The quantitative estimate of drug-likeness (QED) is 0.131. The van der Waals surface area contributed by atoms with Gasteiger partial charge in [0.05, 0.1) is 22.8 Å². The summed E-state index contributed by atoms with van der Waals surface area (Å²) in [7, 11) is 2.80. The van der Waals surface area contributed by atoms with E-state index in [4.69, 9.17) is 5.73 Å². The molecule has 0 radical (unpaired) electrons. The Bertz CT molecular complexity index is 2730. The highest BCUT2D eigenvalue weighted by molar-refractivity contribution is 7.88. The SMILES string of the molecule is CN1CCC(N(C)S(=O)(=O)NC(=O)[n+]2ccc(N(C)C)cc2)C1.Cc1nc(C(C)C)c(N)n1-c1ccncc1.Cc1nc(C(C)C)c(NC(=O)NS(=O)(=O)N(C)C2CCN(C)C2)n1-c1ccncc1. The van der Waals surface area contributed by atoms with Crippen molar-refractivity contribution in [3.05, 3.63) is 96.6 Å². The molecule has 5 aromatic heterocycles. The molecule has 2 saturated heterocycles. The van der Waals surface area contributed by atoms with Crippen LogP contribution in [0.2, 0.25) is 0 Å². The average molecular weight is 994 g/mol. The van der Waals surface area contributed by atoms with E-state index >= 15 is 0 Å². The van der Waals surface area contributed by atoms with Crippen molar-refractivity contribution < 1.29 is 31.0 Å². The van der Waals surface area contributed by atoms with Crippen molar-refractivity contribution in [2.75, 3.05) is 84.4 Å². The first kappa shape index (κ1) is 53.9. The molecule has 0 aromatic carbocycles. The lowest BCUT2D eigenvalue weighted by molar-refractivity contribution is -0.570. The van der Waals surface area contributed by atoms with Crippen molar-refractivity contribution in [1.29, 1.82) is 0 Å². The molecule has 376 valence electrons. The number of hydrogen-bond donors (Lipinski definition) is 4. The smallest absolute Gasteiger partial charge is 0.383 e. The summed E-state index contributed by atoms with van der Waals surface area (Å²) in [6, 6.07) is 9.10. The Morgan fingerprint density at radius 3 is 1.55 bits per heavy atom. The number of nitrogens with zero attached hydrogens (tertiary/aromatic N) is 12. The fourth-order valence-corrected chi connectivity index (χ4v) is 9.95. The number of nitrogens with two attached hydrogens (primary N) is 1. The van der Waals surface area contributed by atoms with Gasteiger partial charge in [-0.25, -0.2) is 19.5 Å². The maximum Gasteiger partial charge on any atom is 0.512 e. The summed E-state index contributed by atoms with van der Waals surface area (Å²) >= 11 is 0. The van der Waals surface area contributed by atoms with Crippen LogP contribution in [0.3, 0.4) is 0 Å². The van der Waals surface area contributed by atoms with Gasteiger partial charge in [-0.3, -0.25) is 24.4 Å². The molecule has 0 aliphatic carbocycles. The number of carbonyl (C=O) groups is 2. The Labute approximate surface area is 406 Å². The monoisotopic (exact) mass is 994 g/mol. The molecule has 3 amide bonds. The van der Waals surface area contributed by atoms with E-state index in [1.165, 1.54) is 39.7 Å². The van der Waals surface area contributed by atoms with E-state index in [0.29, 0.717) is 36.3 Å². The second-order valence-electron chi connectivity index (χ2n) is 18.0. The third-order valence-electron chi connectivity index (χ3n) is 11.9. The molecule has 22 nitrogen and oxygen atoms in total. The second-order valence-corrected chi connectivity index (χ2v) is 21.4. The maximum atomic E-state index is 12.7. The number of urea groups is 1. The average Bonchev–Trinajstić information content (AvgIpc) is 4.08. The number of anilines is 3. The topological polar surface area (TPSA) is 246 Å². The Balaban J connectivity index is 0.000000202. The number of pyridine rings is 3. The number of carbonyl (C=O) groups excluding carboxylic acids is 2. The van der Waals surface area contributed by atoms with Gasteiger partial charge in [0.1, 0.15) is 35.7 Å². The Hall–Kier alpha value is -6.05. The van der Waals surface area contributed by atoms with E-state index < -0.39 is 32.5 Å². The van der Waals surface area contributed by atoms with E-state index in [1.54, 1.807) is 53.6 Å². The van der Waals surface area contributed by atoms with E-state index in [1.807, 2.05) is 77.5 Å². The lowest BCUT2D eigenvalue weighted by atomic mass is 10.1. The maximum absolute atomic E-state index is 12.7. The molecular formula is C45H69N16O6S2+. The van der Waals surface area contributed by atoms with Gasteiger partial charge in [0, 0.05) is 96.0 Å². The minimum atomic E-state index is -3.99. The summed E-state index contributed by atoms with van der Waals surface area (Å²) in [5.41, 5.74) is 10.4. The van der Waals surface area contributed by atoms with Gasteiger partial charge in [0.25, 0.3) is 0 Å². The first-order valence-electron chi connectivity index (χ1n) is 22.6. The van der Waals surface area contributed by atoms with Crippen LogP contribution in [0.25, 0.3) is 11.4 Å². The van der Waals surface area contributed by atoms with Crippen molar-refractivity contribution in [1.82, 2.24) is 56.9 Å². The van der Waals surface area contributed by atoms with Crippen molar-refractivity contribution >= 4 is 49.8 Å². The second kappa shape index (κ2) is 23.0. The number of likely N-dealkylation sites (N-methyl/N-ethyl adjacent to an activating group) is 4. The lowest BCUT2D eigenvalue weighted by Crippen LogP contribution is -2.56. The number of imidazole rings is 2. The standard InChI is InChI=1S/C19H29N7O3S.C14H23N5O3S.C12H16N4/c1-13(2)17-18(26(14(3)21-17)15-6-9-20-10-7-15)22-19(27)23-30(28,29)25(5)16-8-11-24(4)12-16;1-16(2)12-6-9-19(10-7-12)14(20)15-23(21,22)18(4)13-5-8-17(3)11-13;1-8(2)11-12(13)16(9(3)15-11)10-4-6-14-7-5-10/h6-7,9-10,13,16H,8,11-12H2,1-5H3,(H2,22,23,27);6-7,9-10,13H,5,8,11H2,1-4H3;4-8H,13H2,1-3H3/p+1. The first-order chi connectivity index (χ1) is 32.4. The zero-order chi connectivity index (χ0) is 51.0. The van der Waals surface area contributed by atoms with Crippen LogP contribution in [-0.2, 0) is 20.4 Å². The predicted octanol–water partition coefficient (Wildman–Crippen LogP) is 3.46. The van der Waals surface area contributed by atoms with Gasteiger partial charge >= 0.3 is 32.5 Å². The van der Waals surface area contributed by atoms with Crippen LogP contribution >= 0.6 is 0 Å². The molecule has 0 saturated carbocycles. The van der Waals surface area contributed by atoms with Gasteiger partial charge < -0.3 is 20.4 Å². The predicted molar refractivity (Wildman–Crippen MR) is 267 cm³/mol. The number of nitrogens with one attached hydrogen (secondary N) is 3. The van der Waals surface area contributed by atoms with Gasteiger partial charge in [-0.1, -0.05) is 27.7 Å². The molecule has 7 heterocycles. The van der Waals surface area contributed by atoms with Crippen LogP contribution in [0.15, 0.2) is 73.6 Å². The molecule has 2 atom stereocenters. The molecule has 5 aromatic rings. The van der Waals surface area contributed by atoms with Gasteiger partial charge in [-0.05, 0) is 90.0 Å². The number of nitrogen functional groups attached to an aromatic ring is 1. The summed E-state index contributed by atoms with van der Waals surface area (Å²) in [4.78, 5) is 47.9. The van der Waals surface area contributed by atoms with Gasteiger partial charge in [0.2, 0.25) is 0 Å². The normalized spacial score (nSPS) is 16.6. The lowest BCUT2D eigenvalue weighted by Gasteiger charge is -2.24. The van der Waals surface area contributed by atoms with E-state index in [2.05, 4.69) is 58.3 Å². The summed E-state index contributed by atoms with van der Waals surface area (Å²) in [6.45, 7) is 14.9. The van der Waals surface area contributed by atoms with Gasteiger partial charge in [0.15, 0.2) is 0 Å². The number of rotatable bonds is 12. The third kappa shape index (κ3) is 13.6. The molecule has 2 fully saturated rings. The number of hydrogen-bond acceptors (Lipinski definition) is 14. The summed E-state index contributed by atoms with van der Waals surface area (Å²) in [6.07, 6.45) is 11.3. The fraction of sp³-hybridized carbons (Fsp3) is 0.489. The molecule has 0 spiro atoms.